The number of amides is 1. The quantitative estimate of drug-likeness (QED) is 0.746. The number of carbonyl (C=O) groups is 1. The van der Waals surface area contributed by atoms with Gasteiger partial charge in [0.1, 0.15) is 12.2 Å². The Morgan fingerprint density at radius 2 is 2.12 bits per heavy atom. The molecule has 0 bridgehead atoms. The molecule has 26 heavy (non-hydrogen) atoms. The molecule has 2 fully saturated rings. The van der Waals surface area contributed by atoms with Crippen molar-refractivity contribution in [3.05, 3.63) is 24.8 Å². The van der Waals surface area contributed by atoms with Gasteiger partial charge in [-0.25, -0.2) is 0 Å². The summed E-state index contributed by atoms with van der Waals surface area (Å²) in [5, 5.41) is 8.43. The van der Waals surface area contributed by atoms with Crippen molar-refractivity contribution < 1.29 is 4.79 Å². The van der Waals surface area contributed by atoms with Crippen LogP contribution < -0.4 is 0 Å². The molecule has 0 unspecified atom stereocenters. The molecule has 0 aromatic carbocycles. The van der Waals surface area contributed by atoms with E-state index in [2.05, 4.69) is 52.0 Å². The Kier molecular flexibility index (Phi) is 5.77. The second-order valence-electron chi connectivity index (χ2n) is 7.98. The van der Waals surface area contributed by atoms with Crippen LogP contribution in [0.1, 0.15) is 45.0 Å². The minimum Gasteiger partial charge on any atom is -0.339 e. The highest BCUT2D eigenvalue weighted by Gasteiger charge is 2.42. The number of aromatic nitrogens is 3. The van der Waals surface area contributed by atoms with Gasteiger partial charge in [-0.2, -0.15) is 0 Å². The fraction of sp³-hybridized carbons (Fsp3) is 0.737. The van der Waals surface area contributed by atoms with E-state index in [1.165, 1.54) is 0 Å². The van der Waals surface area contributed by atoms with Crippen LogP contribution in [0.3, 0.4) is 0 Å². The van der Waals surface area contributed by atoms with Gasteiger partial charge in [0.15, 0.2) is 0 Å². The molecule has 7 nitrogen and oxygen atoms in total. The fourth-order valence-electron chi connectivity index (χ4n) is 4.27. The summed E-state index contributed by atoms with van der Waals surface area (Å²) in [5.41, 5.74) is 0.0620. The van der Waals surface area contributed by atoms with Crippen LogP contribution in [0.15, 0.2) is 19.0 Å². The van der Waals surface area contributed by atoms with Gasteiger partial charge in [-0.1, -0.05) is 6.08 Å². The average molecular weight is 361 g/mol. The number of likely N-dealkylation sites (tertiary alicyclic amines) is 1. The molecule has 2 aliphatic heterocycles. The van der Waals surface area contributed by atoms with E-state index in [1.807, 2.05) is 17.3 Å². The first-order valence-corrected chi connectivity index (χ1v) is 9.66. The van der Waals surface area contributed by atoms with Gasteiger partial charge in [0.25, 0.3) is 0 Å². The number of piperazine rings is 1. The minimum atomic E-state index is 0.0620. The summed E-state index contributed by atoms with van der Waals surface area (Å²) < 4.78 is 2.15. The lowest BCUT2D eigenvalue weighted by molar-refractivity contribution is -0.130. The molecule has 0 N–H and O–H groups in total. The van der Waals surface area contributed by atoms with E-state index in [0.717, 1.165) is 51.4 Å². The Labute approximate surface area is 156 Å². The van der Waals surface area contributed by atoms with Crippen molar-refractivity contribution in [3.63, 3.8) is 0 Å². The van der Waals surface area contributed by atoms with Crippen LogP contribution in [0.4, 0.5) is 0 Å². The lowest BCUT2D eigenvalue weighted by Crippen LogP contribution is -2.60. The number of hydrogen-bond acceptors (Lipinski definition) is 5. The highest BCUT2D eigenvalue weighted by Crippen LogP contribution is 2.32. The van der Waals surface area contributed by atoms with Crippen LogP contribution in [0.25, 0.3) is 0 Å². The van der Waals surface area contributed by atoms with Crippen LogP contribution in [0.5, 0.6) is 0 Å². The predicted molar refractivity (Wildman–Crippen MR) is 102 cm³/mol. The van der Waals surface area contributed by atoms with Gasteiger partial charge in [-0.15, -0.1) is 16.8 Å². The molecule has 1 amide bonds. The first kappa shape index (κ1) is 19.0. The van der Waals surface area contributed by atoms with E-state index in [0.29, 0.717) is 19.0 Å². The number of nitrogens with zero attached hydrogens (tertiary/aromatic N) is 6. The highest BCUT2D eigenvalue weighted by molar-refractivity contribution is 5.76. The molecule has 3 heterocycles. The number of carbonyl (C=O) groups excluding carboxylic acids is 1. The Hall–Kier alpha value is -1.73. The summed E-state index contributed by atoms with van der Waals surface area (Å²) in [6.45, 7) is 13.4. The Morgan fingerprint density at radius 1 is 1.31 bits per heavy atom. The predicted octanol–water partition coefficient (Wildman–Crippen LogP) is 1.54. The molecular formula is C19H32N6O. The van der Waals surface area contributed by atoms with Crippen molar-refractivity contribution in [2.45, 2.75) is 51.2 Å². The summed E-state index contributed by atoms with van der Waals surface area (Å²) >= 11 is 0. The minimum absolute atomic E-state index is 0.0620. The van der Waals surface area contributed by atoms with E-state index >= 15 is 0 Å². The van der Waals surface area contributed by atoms with Crippen molar-refractivity contribution >= 4 is 5.91 Å². The zero-order valence-corrected chi connectivity index (χ0v) is 16.4. The summed E-state index contributed by atoms with van der Waals surface area (Å²) in [5.74, 6) is 1.28. The Bertz CT molecular complexity index is 642. The SMILES string of the molecule is C=CCN1CC[C@]2(CCC1=O)CN(Cc1nncn1C(C)C)CCN2C. The molecule has 3 rings (SSSR count). The zero-order chi connectivity index (χ0) is 18.7. The van der Waals surface area contributed by atoms with Crippen molar-refractivity contribution in [1.82, 2.24) is 29.5 Å². The standard InChI is InChI=1S/C19H32N6O/c1-5-9-24-10-8-19(7-6-18(24)26)14-23(12-11-22(19)4)13-17-21-20-15-25(17)16(2)3/h5,15-16H,1,6-14H2,2-4H3/t19-/m1/s1. The lowest BCUT2D eigenvalue weighted by Gasteiger charge is -2.49. The van der Waals surface area contributed by atoms with Crippen LogP contribution in [-0.2, 0) is 11.3 Å². The van der Waals surface area contributed by atoms with Crippen LogP contribution >= 0.6 is 0 Å². The molecule has 1 spiro atoms. The van der Waals surface area contributed by atoms with E-state index in [4.69, 9.17) is 0 Å². The first-order valence-electron chi connectivity index (χ1n) is 9.66. The Morgan fingerprint density at radius 3 is 2.85 bits per heavy atom. The maximum atomic E-state index is 12.4. The molecule has 0 radical (unpaired) electrons. The summed E-state index contributed by atoms with van der Waals surface area (Å²) in [6.07, 6.45) is 6.20. The third-order valence-electron chi connectivity index (χ3n) is 6.00. The van der Waals surface area contributed by atoms with Crippen molar-refractivity contribution in [3.8, 4) is 0 Å². The van der Waals surface area contributed by atoms with Crippen molar-refractivity contribution in [2.24, 2.45) is 0 Å². The molecule has 0 aliphatic carbocycles. The molecule has 2 aliphatic rings. The van der Waals surface area contributed by atoms with Gasteiger partial charge < -0.3 is 9.47 Å². The van der Waals surface area contributed by atoms with Gasteiger partial charge >= 0.3 is 0 Å². The molecular weight excluding hydrogens is 328 g/mol. The van der Waals surface area contributed by atoms with Gasteiger partial charge in [0.2, 0.25) is 5.91 Å². The molecule has 144 valence electrons. The molecule has 0 saturated carbocycles. The van der Waals surface area contributed by atoms with E-state index < -0.39 is 0 Å². The largest absolute Gasteiger partial charge is 0.339 e. The first-order chi connectivity index (χ1) is 12.4. The second-order valence-corrected chi connectivity index (χ2v) is 7.98. The summed E-state index contributed by atoms with van der Waals surface area (Å²) in [6, 6.07) is 0.365. The van der Waals surface area contributed by atoms with Gasteiger partial charge in [0, 0.05) is 50.7 Å². The highest BCUT2D eigenvalue weighted by atomic mass is 16.2. The summed E-state index contributed by atoms with van der Waals surface area (Å²) in [4.78, 5) is 19.3. The van der Waals surface area contributed by atoms with E-state index in [9.17, 15) is 4.79 Å². The molecule has 1 atom stereocenters. The van der Waals surface area contributed by atoms with E-state index in [1.54, 1.807) is 0 Å². The third-order valence-corrected chi connectivity index (χ3v) is 6.00. The van der Waals surface area contributed by atoms with Crippen LogP contribution in [0, 0.1) is 0 Å². The van der Waals surface area contributed by atoms with Gasteiger partial charge in [-0.05, 0) is 33.7 Å². The average Bonchev–Trinajstić information content (AvgIpc) is 3.02. The molecule has 1 aromatic heterocycles. The van der Waals surface area contributed by atoms with Crippen molar-refractivity contribution in [2.75, 3.05) is 39.8 Å². The lowest BCUT2D eigenvalue weighted by atomic mass is 9.86. The maximum absolute atomic E-state index is 12.4. The van der Waals surface area contributed by atoms with Crippen LogP contribution in [0.2, 0.25) is 0 Å². The molecule has 7 heteroatoms. The molecule has 1 aromatic rings. The summed E-state index contributed by atoms with van der Waals surface area (Å²) in [7, 11) is 2.21. The topological polar surface area (TPSA) is 57.5 Å². The maximum Gasteiger partial charge on any atom is 0.222 e. The van der Waals surface area contributed by atoms with Gasteiger partial charge in [-0.3, -0.25) is 14.6 Å². The second kappa shape index (κ2) is 7.88. The van der Waals surface area contributed by atoms with Gasteiger partial charge in [0.05, 0.1) is 6.54 Å². The third kappa shape index (κ3) is 3.83. The van der Waals surface area contributed by atoms with E-state index in [-0.39, 0.29) is 11.4 Å². The fourth-order valence-corrected chi connectivity index (χ4v) is 4.27. The zero-order valence-electron chi connectivity index (χ0n) is 16.4. The Balaban J connectivity index is 1.72. The monoisotopic (exact) mass is 360 g/mol. The van der Waals surface area contributed by atoms with Crippen LogP contribution in [-0.4, -0.2) is 80.7 Å². The van der Waals surface area contributed by atoms with Crippen molar-refractivity contribution in [1.29, 1.82) is 0 Å². The normalized spacial score (nSPS) is 25.8. The number of hydrogen-bond donors (Lipinski definition) is 0. The molecule has 2 saturated heterocycles. The number of likely N-dealkylation sites (N-methyl/N-ethyl adjacent to an activating group) is 1. The number of rotatable bonds is 5. The smallest absolute Gasteiger partial charge is 0.222 e.